The molecule has 0 bridgehead atoms. The molecule has 1 fully saturated rings. The molecule has 1 atom stereocenters. The lowest BCUT2D eigenvalue weighted by Crippen LogP contribution is -2.35. The largest absolute Gasteiger partial charge is 0.253 e. The van der Waals surface area contributed by atoms with Gasteiger partial charge in [-0.15, -0.1) is 11.6 Å². The highest BCUT2D eigenvalue weighted by Gasteiger charge is 2.41. The normalized spacial score (nSPS) is 21.3. The molecule has 1 unspecified atom stereocenters. The molecule has 76 valence electrons. The third kappa shape index (κ3) is 1.73. The summed E-state index contributed by atoms with van der Waals surface area (Å²) >= 11 is 6.23. The van der Waals surface area contributed by atoms with Gasteiger partial charge in [-0.1, -0.05) is 17.7 Å². The Hall–Kier alpha value is -0.340. The summed E-state index contributed by atoms with van der Waals surface area (Å²) in [6.07, 6.45) is 2.84. The molecule has 1 aliphatic carbocycles. The Labute approximate surface area is 91.9 Å². The Kier molecular flexibility index (Phi) is 2.67. The first kappa shape index (κ1) is 10.2. The predicted molar refractivity (Wildman–Crippen MR) is 60.0 cm³/mol. The van der Waals surface area contributed by atoms with Crippen molar-refractivity contribution < 1.29 is 4.21 Å². The number of rotatable bonds is 2. The van der Waals surface area contributed by atoms with Crippen LogP contribution in [0.5, 0.6) is 0 Å². The van der Waals surface area contributed by atoms with Crippen LogP contribution < -0.4 is 0 Å². The van der Waals surface area contributed by atoms with Gasteiger partial charge in [0, 0.05) is 4.90 Å². The molecule has 0 spiro atoms. The van der Waals surface area contributed by atoms with E-state index < -0.39 is 15.0 Å². The zero-order chi connectivity index (χ0) is 10.2. The van der Waals surface area contributed by atoms with Gasteiger partial charge in [0.2, 0.25) is 0 Å². The molecule has 1 aromatic carbocycles. The van der Waals surface area contributed by atoms with E-state index in [9.17, 15) is 4.21 Å². The van der Waals surface area contributed by atoms with E-state index in [1.165, 1.54) is 5.56 Å². The summed E-state index contributed by atoms with van der Waals surface area (Å²) in [7, 11) is -1.05. The van der Waals surface area contributed by atoms with Gasteiger partial charge in [0.1, 0.15) is 4.21 Å². The van der Waals surface area contributed by atoms with Crippen LogP contribution in [-0.4, -0.2) is 8.42 Å². The lowest BCUT2D eigenvalue weighted by molar-refractivity contribution is 0.460. The molecule has 0 radical (unpaired) electrons. The fourth-order valence-corrected chi connectivity index (χ4v) is 3.51. The van der Waals surface area contributed by atoms with Gasteiger partial charge in [-0.25, -0.2) is 0 Å². The van der Waals surface area contributed by atoms with Crippen LogP contribution in [0.15, 0.2) is 29.2 Å². The van der Waals surface area contributed by atoms with Crippen molar-refractivity contribution in [1.29, 1.82) is 0 Å². The summed E-state index contributed by atoms with van der Waals surface area (Å²) in [5, 5.41) is 0. The minimum Gasteiger partial charge on any atom is -0.253 e. The van der Waals surface area contributed by atoms with E-state index in [0.717, 1.165) is 24.2 Å². The highest BCUT2D eigenvalue weighted by molar-refractivity contribution is 7.88. The molecular weight excluding hydrogens is 216 g/mol. The summed E-state index contributed by atoms with van der Waals surface area (Å²) in [6, 6.07) is 7.78. The second-order valence-electron chi connectivity index (χ2n) is 3.82. The van der Waals surface area contributed by atoms with Gasteiger partial charge in [0.05, 0.1) is 10.8 Å². The molecule has 3 heteroatoms. The lowest BCUT2D eigenvalue weighted by atomic mass is 9.99. The zero-order valence-electron chi connectivity index (χ0n) is 8.13. The van der Waals surface area contributed by atoms with Crippen LogP contribution in [0, 0.1) is 6.92 Å². The molecule has 0 amide bonds. The fourth-order valence-electron chi connectivity index (χ4n) is 1.51. The number of alkyl halides is 1. The Balaban J connectivity index is 2.23. The molecule has 0 N–H and O–H groups in total. The van der Waals surface area contributed by atoms with Gasteiger partial charge < -0.3 is 0 Å². The number of hydrogen-bond donors (Lipinski definition) is 0. The standard InChI is InChI=1S/C11H13ClOS/c1-9-3-5-10(6-4-9)14(13)11(12)7-2-8-11/h3-6H,2,7-8H2,1H3. The summed E-state index contributed by atoms with van der Waals surface area (Å²) in [5.41, 5.74) is 1.18. The SMILES string of the molecule is Cc1ccc(S(=O)C2(Cl)CCC2)cc1. The van der Waals surface area contributed by atoms with E-state index in [1.54, 1.807) is 0 Å². The third-order valence-electron chi connectivity index (χ3n) is 2.67. The maximum Gasteiger partial charge on any atom is 0.124 e. The van der Waals surface area contributed by atoms with Crippen LogP contribution >= 0.6 is 11.6 Å². The minimum atomic E-state index is -1.05. The molecule has 1 aliphatic rings. The van der Waals surface area contributed by atoms with Gasteiger partial charge in [-0.2, -0.15) is 0 Å². The van der Waals surface area contributed by atoms with Crippen molar-refractivity contribution >= 4 is 22.4 Å². The van der Waals surface area contributed by atoms with Crippen molar-refractivity contribution in [2.24, 2.45) is 0 Å². The number of halogens is 1. The summed E-state index contributed by atoms with van der Waals surface area (Å²) in [6.45, 7) is 2.02. The van der Waals surface area contributed by atoms with E-state index in [0.29, 0.717) is 0 Å². The van der Waals surface area contributed by atoms with E-state index >= 15 is 0 Å². The molecule has 14 heavy (non-hydrogen) atoms. The van der Waals surface area contributed by atoms with Crippen molar-refractivity contribution in [2.45, 2.75) is 35.3 Å². The Morgan fingerprint density at radius 1 is 1.29 bits per heavy atom. The molecule has 0 saturated heterocycles. The van der Waals surface area contributed by atoms with E-state index in [-0.39, 0.29) is 0 Å². The smallest absolute Gasteiger partial charge is 0.124 e. The van der Waals surface area contributed by atoms with Crippen molar-refractivity contribution in [3.8, 4) is 0 Å². The topological polar surface area (TPSA) is 17.1 Å². The van der Waals surface area contributed by atoms with Crippen molar-refractivity contribution in [3.63, 3.8) is 0 Å². The predicted octanol–water partition coefficient (Wildman–Crippen LogP) is 3.22. The third-order valence-corrected chi connectivity index (χ3v) is 5.24. The summed E-state index contributed by atoms with van der Waals surface area (Å²) < 4.78 is 11.6. The van der Waals surface area contributed by atoms with Crippen LogP contribution in [0.25, 0.3) is 0 Å². The Bertz CT molecular complexity index is 354. The van der Waals surface area contributed by atoms with E-state index in [2.05, 4.69) is 0 Å². The molecule has 1 aromatic rings. The minimum absolute atomic E-state index is 0.477. The first-order valence-corrected chi connectivity index (χ1v) is 6.32. The van der Waals surface area contributed by atoms with Crippen molar-refractivity contribution in [3.05, 3.63) is 29.8 Å². The molecule has 0 heterocycles. The second kappa shape index (κ2) is 3.67. The fraction of sp³-hybridized carbons (Fsp3) is 0.455. The van der Waals surface area contributed by atoms with E-state index in [1.807, 2.05) is 31.2 Å². The van der Waals surface area contributed by atoms with Gasteiger partial charge in [-0.3, -0.25) is 4.21 Å². The molecule has 0 aromatic heterocycles. The van der Waals surface area contributed by atoms with Gasteiger partial charge in [-0.05, 0) is 38.3 Å². The molecular formula is C11H13ClOS. The lowest BCUT2D eigenvalue weighted by Gasteiger charge is -2.34. The average molecular weight is 229 g/mol. The van der Waals surface area contributed by atoms with Crippen LogP contribution in [0.3, 0.4) is 0 Å². The average Bonchev–Trinajstić information content (AvgIpc) is 2.14. The van der Waals surface area contributed by atoms with Crippen LogP contribution in [0.2, 0.25) is 0 Å². The number of aryl methyl sites for hydroxylation is 1. The quantitative estimate of drug-likeness (QED) is 0.711. The molecule has 1 saturated carbocycles. The van der Waals surface area contributed by atoms with Crippen molar-refractivity contribution in [1.82, 2.24) is 0 Å². The Morgan fingerprint density at radius 3 is 2.29 bits per heavy atom. The van der Waals surface area contributed by atoms with Gasteiger partial charge >= 0.3 is 0 Å². The van der Waals surface area contributed by atoms with Crippen LogP contribution in [0.1, 0.15) is 24.8 Å². The highest BCUT2D eigenvalue weighted by Crippen LogP contribution is 2.43. The maximum atomic E-state index is 12.0. The molecule has 1 nitrogen and oxygen atoms in total. The number of hydrogen-bond acceptors (Lipinski definition) is 1. The van der Waals surface area contributed by atoms with Crippen molar-refractivity contribution in [2.75, 3.05) is 0 Å². The first-order valence-electron chi connectivity index (χ1n) is 4.79. The number of benzene rings is 1. The molecule has 0 aliphatic heterocycles. The zero-order valence-corrected chi connectivity index (χ0v) is 9.70. The van der Waals surface area contributed by atoms with Crippen LogP contribution in [0.4, 0.5) is 0 Å². The molecule has 2 rings (SSSR count). The summed E-state index contributed by atoms with van der Waals surface area (Å²) in [5.74, 6) is 0. The highest BCUT2D eigenvalue weighted by atomic mass is 35.5. The van der Waals surface area contributed by atoms with E-state index in [4.69, 9.17) is 11.6 Å². The second-order valence-corrected chi connectivity index (χ2v) is 6.56. The first-order chi connectivity index (χ1) is 6.62. The Morgan fingerprint density at radius 2 is 1.86 bits per heavy atom. The van der Waals surface area contributed by atoms with Crippen LogP contribution in [-0.2, 0) is 10.8 Å². The van der Waals surface area contributed by atoms with Gasteiger partial charge in [0.15, 0.2) is 0 Å². The van der Waals surface area contributed by atoms with Gasteiger partial charge in [0.25, 0.3) is 0 Å². The maximum absolute atomic E-state index is 12.0. The summed E-state index contributed by atoms with van der Waals surface area (Å²) in [4.78, 5) is 0.852. The monoisotopic (exact) mass is 228 g/mol.